The molecular formula is C21H20ClF3N4O2. The van der Waals surface area contributed by atoms with Crippen molar-refractivity contribution in [2.75, 3.05) is 13.1 Å². The maximum Gasteiger partial charge on any atom is 0.417 e. The van der Waals surface area contributed by atoms with Gasteiger partial charge in [0.05, 0.1) is 22.3 Å². The van der Waals surface area contributed by atoms with E-state index in [1.807, 2.05) is 0 Å². The quantitative estimate of drug-likeness (QED) is 0.601. The molecule has 0 saturated carbocycles. The summed E-state index contributed by atoms with van der Waals surface area (Å²) in [5.41, 5.74) is -0.921. The number of alkyl halides is 3. The predicted molar refractivity (Wildman–Crippen MR) is 111 cm³/mol. The van der Waals surface area contributed by atoms with Crippen LogP contribution in [0.5, 0.6) is 0 Å². The SMILES string of the molecule is Cc1c(Cl)cccc1-n1nc(C)c2c(C(F)(F)F)cc(=O)n(CC(=O)N3CCCC3)c21. The molecule has 31 heavy (non-hydrogen) atoms. The summed E-state index contributed by atoms with van der Waals surface area (Å²) in [6, 6.07) is 5.51. The van der Waals surface area contributed by atoms with Crippen LogP contribution in [0, 0.1) is 13.8 Å². The van der Waals surface area contributed by atoms with Crippen molar-refractivity contribution in [1.29, 1.82) is 0 Å². The highest BCUT2D eigenvalue weighted by Gasteiger charge is 2.37. The largest absolute Gasteiger partial charge is 0.417 e. The van der Waals surface area contributed by atoms with Crippen molar-refractivity contribution in [2.24, 2.45) is 0 Å². The van der Waals surface area contributed by atoms with Crippen molar-refractivity contribution in [1.82, 2.24) is 19.2 Å². The standard InChI is InChI=1S/C21H20ClF3N4O2/c1-12-15(22)6-5-7-16(12)29-20-19(13(2)26-29)14(21(23,24)25)10-17(30)28(20)11-18(31)27-8-3-4-9-27/h5-7,10H,3-4,8-9,11H2,1-2H3. The highest BCUT2D eigenvalue weighted by Crippen LogP contribution is 2.36. The Morgan fingerprint density at radius 3 is 2.52 bits per heavy atom. The molecule has 10 heteroatoms. The van der Waals surface area contributed by atoms with E-state index in [0.717, 1.165) is 17.4 Å². The number of benzene rings is 1. The number of likely N-dealkylation sites (tertiary alicyclic amines) is 1. The fourth-order valence-corrected chi connectivity index (χ4v) is 4.20. The minimum atomic E-state index is -4.75. The van der Waals surface area contributed by atoms with Crippen LogP contribution in [0.1, 0.15) is 29.7 Å². The van der Waals surface area contributed by atoms with Crippen molar-refractivity contribution < 1.29 is 18.0 Å². The summed E-state index contributed by atoms with van der Waals surface area (Å²) in [5, 5.41) is 4.52. The maximum atomic E-state index is 13.8. The number of hydrogen-bond acceptors (Lipinski definition) is 3. The van der Waals surface area contributed by atoms with E-state index in [9.17, 15) is 22.8 Å². The molecule has 3 heterocycles. The van der Waals surface area contributed by atoms with E-state index in [1.54, 1.807) is 30.0 Å². The minimum Gasteiger partial charge on any atom is -0.341 e. The Morgan fingerprint density at radius 2 is 1.87 bits per heavy atom. The normalized spacial score (nSPS) is 14.6. The Bertz CT molecular complexity index is 1240. The fourth-order valence-electron chi connectivity index (χ4n) is 4.03. The summed E-state index contributed by atoms with van der Waals surface area (Å²) >= 11 is 6.22. The molecule has 3 aromatic rings. The first-order chi connectivity index (χ1) is 14.6. The van der Waals surface area contributed by atoms with Gasteiger partial charge in [0.2, 0.25) is 5.91 Å². The monoisotopic (exact) mass is 452 g/mol. The highest BCUT2D eigenvalue weighted by atomic mass is 35.5. The van der Waals surface area contributed by atoms with Crippen molar-refractivity contribution in [3.8, 4) is 5.69 Å². The number of nitrogens with zero attached hydrogens (tertiary/aromatic N) is 4. The van der Waals surface area contributed by atoms with E-state index in [4.69, 9.17) is 11.6 Å². The van der Waals surface area contributed by atoms with Gasteiger partial charge in [-0.3, -0.25) is 14.2 Å². The lowest BCUT2D eigenvalue weighted by Gasteiger charge is -2.19. The van der Waals surface area contributed by atoms with E-state index < -0.39 is 17.3 Å². The van der Waals surface area contributed by atoms with Crippen LogP contribution < -0.4 is 5.56 Å². The molecule has 0 atom stereocenters. The molecule has 1 fully saturated rings. The van der Waals surface area contributed by atoms with Crippen LogP contribution >= 0.6 is 11.6 Å². The van der Waals surface area contributed by atoms with Crippen LogP contribution in [0.25, 0.3) is 16.7 Å². The second-order valence-electron chi connectivity index (χ2n) is 7.65. The minimum absolute atomic E-state index is 0.0739. The molecule has 1 saturated heterocycles. The van der Waals surface area contributed by atoms with Crippen molar-refractivity contribution in [2.45, 2.75) is 39.4 Å². The Balaban J connectivity index is 2.03. The lowest BCUT2D eigenvalue weighted by Crippen LogP contribution is -2.35. The number of aromatic nitrogens is 3. The van der Waals surface area contributed by atoms with E-state index in [1.165, 1.54) is 11.6 Å². The fraction of sp³-hybridized carbons (Fsp3) is 0.381. The van der Waals surface area contributed by atoms with Crippen LogP contribution in [0.15, 0.2) is 29.1 Å². The summed E-state index contributed by atoms with van der Waals surface area (Å²) in [6.45, 7) is 3.95. The number of pyridine rings is 1. The Hall–Kier alpha value is -2.81. The zero-order chi connectivity index (χ0) is 22.5. The number of carbonyl (C=O) groups excluding carboxylic acids is 1. The van der Waals surface area contributed by atoms with Crippen molar-refractivity contribution >= 4 is 28.5 Å². The summed E-state index contributed by atoms with van der Waals surface area (Å²) in [5.74, 6) is -0.311. The zero-order valence-electron chi connectivity index (χ0n) is 17.0. The lowest BCUT2D eigenvalue weighted by atomic mass is 10.1. The number of halogens is 4. The number of rotatable bonds is 3. The van der Waals surface area contributed by atoms with Gasteiger partial charge in [-0.15, -0.1) is 0 Å². The smallest absolute Gasteiger partial charge is 0.341 e. The second-order valence-corrected chi connectivity index (χ2v) is 8.06. The predicted octanol–water partition coefficient (Wildman–Crippen LogP) is 4.10. The molecule has 4 rings (SSSR count). The van der Waals surface area contributed by atoms with Gasteiger partial charge >= 0.3 is 6.18 Å². The first-order valence-electron chi connectivity index (χ1n) is 9.83. The topological polar surface area (TPSA) is 60.1 Å². The van der Waals surface area contributed by atoms with Gasteiger partial charge in [-0.1, -0.05) is 17.7 Å². The van der Waals surface area contributed by atoms with Crippen LogP contribution in [-0.2, 0) is 17.5 Å². The molecule has 6 nitrogen and oxygen atoms in total. The van der Waals surface area contributed by atoms with Gasteiger partial charge in [-0.25, -0.2) is 4.68 Å². The molecule has 1 aliphatic heterocycles. The molecule has 0 aliphatic carbocycles. The van der Waals surface area contributed by atoms with E-state index in [2.05, 4.69) is 5.10 Å². The molecule has 0 N–H and O–H groups in total. The lowest BCUT2D eigenvalue weighted by molar-refractivity contribution is -0.136. The molecular weight excluding hydrogens is 433 g/mol. The van der Waals surface area contributed by atoms with Crippen LogP contribution in [0.4, 0.5) is 13.2 Å². The first-order valence-corrected chi connectivity index (χ1v) is 10.2. The number of carbonyl (C=O) groups is 1. The van der Waals surface area contributed by atoms with E-state index in [0.29, 0.717) is 35.4 Å². The Morgan fingerprint density at radius 1 is 1.19 bits per heavy atom. The third kappa shape index (κ3) is 3.71. The average Bonchev–Trinajstić information content (AvgIpc) is 3.34. The highest BCUT2D eigenvalue weighted by molar-refractivity contribution is 6.31. The average molecular weight is 453 g/mol. The van der Waals surface area contributed by atoms with Gasteiger partial charge in [0.1, 0.15) is 12.2 Å². The zero-order valence-corrected chi connectivity index (χ0v) is 17.7. The maximum absolute atomic E-state index is 13.8. The molecule has 0 unspecified atom stereocenters. The summed E-state index contributed by atoms with van der Waals surface area (Å²) < 4.78 is 43.7. The number of hydrogen-bond donors (Lipinski definition) is 0. The van der Waals surface area contributed by atoms with Crippen LogP contribution in [0.3, 0.4) is 0 Å². The molecule has 0 radical (unpaired) electrons. The number of aryl methyl sites for hydroxylation is 1. The van der Waals surface area contributed by atoms with Crippen LogP contribution in [-0.4, -0.2) is 38.2 Å². The van der Waals surface area contributed by atoms with Crippen molar-refractivity contribution in [3.63, 3.8) is 0 Å². The second kappa shape index (κ2) is 7.71. The summed E-state index contributed by atoms with van der Waals surface area (Å²) in [6.07, 6.45) is -3.03. The Kier molecular flexibility index (Phi) is 5.33. The summed E-state index contributed by atoms with van der Waals surface area (Å²) in [4.78, 5) is 27.2. The van der Waals surface area contributed by atoms with Gasteiger partial charge in [-0.2, -0.15) is 18.3 Å². The summed E-state index contributed by atoms with van der Waals surface area (Å²) in [7, 11) is 0. The van der Waals surface area contributed by atoms with Crippen molar-refractivity contribution in [3.05, 3.63) is 56.5 Å². The molecule has 2 aromatic heterocycles. The van der Waals surface area contributed by atoms with E-state index >= 15 is 0 Å². The van der Waals surface area contributed by atoms with Gasteiger partial charge in [0, 0.05) is 24.2 Å². The third-order valence-electron chi connectivity index (χ3n) is 5.62. The van der Waals surface area contributed by atoms with Gasteiger partial charge in [0.15, 0.2) is 0 Å². The molecule has 1 amide bonds. The van der Waals surface area contributed by atoms with Crippen LogP contribution in [0.2, 0.25) is 5.02 Å². The third-order valence-corrected chi connectivity index (χ3v) is 6.03. The first kappa shape index (κ1) is 21.4. The van der Waals surface area contributed by atoms with Gasteiger partial charge in [0.25, 0.3) is 5.56 Å². The van der Waals surface area contributed by atoms with Gasteiger partial charge < -0.3 is 4.90 Å². The molecule has 1 aliphatic rings. The number of fused-ring (bicyclic) bond motifs is 1. The molecule has 0 spiro atoms. The van der Waals surface area contributed by atoms with Gasteiger partial charge in [-0.05, 0) is 44.4 Å². The molecule has 0 bridgehead atoms. The van der Waals surface area contributed by atoms with E-state index in [-0.39, 0.29) is 29.2 Å². The molecule has 164 valence electrons. The Labute approximate surface area is 180 Å². The number of amides is 1. The molecule has 1 aromatic carbocycles.